The first-order valence-electron chi connectivity index (χ1n) is 8.37. The van der Waals surface area contributed by atoms with Crippen molar-refractivity contribution in [1.82, 2.24) is 4.98 Å². The summed E-state index contributed by atoms with van der Waals surface area (Å²) in [6, 6.07) is 7.59. The molecule has 144 valence electrons. The molecule has 0 saturated carbocycles. The van der Waals surface area contributed by atoms with Crippen LogP contribution in [0, 0.1) is 18.6 Å². The molecule has 0 saturated heterocycles. The highest BCUT2D eigenvalue weighted by Crippen LogP contribution is 2.37. The molecule has 1 aliphatic heterocycles. The number of fused-ring (bicyclic) bond motifs is 2. The lowest BCUT2D eigenvalue weighted by atomic mass is 10.1. The van der Waals surface area contributed by atoms with Crippen molar-refractivity contribution in [3.05, 3.63) is 52.5 Å². The summed E-state index contributed by atoms with van der Waals surface area (Å²) in [6.07, 6.45) is -1.65. The van der Waals surface area contributed by atoms with E-state index in [1.54, 1.807) is 18.2 Å². The van der Waals surface area contributed by atoms with E-state index in [4.69, 9.17) is 9.84 Å². The van der Waals surface area contributed by atoms with E-state index < -0.39 is 36.0 Å². The number of ether oxygens (including phenoxy) is 1. The monoisotopic (exact) mass is 404 g/mol. The van der Waals surface area contributed by atoms with Gasteiger partial charge >= 0.3 is 5.97 Å². The van der Waals surface area contributed by atoms with Gasteiger partial charge in [-0.3, -0.25) is 14.5 Å². The van der Waals surface area contributed by atoms with E-state index in [2.05, 4.69) is 4.98 Å². The van der Waals surface area contributed by atoms with Crippen LogP contribution < -0.4 is 9.64 Å². The number of hydrogen-bond donors (Lipinski definition) is 1. The van der Waals surface area contributed by atoms with Crippen LogP contribution >= 0.6 is 11.3 Å². The lowest BCUT2D eigenvalue weighted by Gasteiger charge is -2.33. The average molecular weight is 404 g/mol. The maximum Gasteiger partial charge on any atom is 0.307 e. The van der Waals surface area contributed by atoms with Crippen LogP contribution in [0.2, 0.25) is 0 Å². The molecule has 0 bridgehead atoms. The summed E-state index contributed by atoms with van der Waals surface area (Å²) in [6.45, 7) is 1.84. The van der Waals surface area contributed by atoms with Gasteiger partial charge < -0.3 is 9.84 Å². The lowest BCUT2D eigenvalue weighted by molar-refractivity contribution is -0.142. The number of carbonyl (C=O) groups is 2. The van der Waals surface area contributed by atoms with Crippen LogP contribution in [0.1, 0.15) is 17.0 Å². The Morgan fingerprint density at radius 2 is 2.11 bits per heavy atom. The maximum atomic E-state index is 14.0. The highest BCUT2D eigenvalue weighted by molar-refractivity contribution is 7.18. The molecular weight excluding hydrogens is 390 g/mol. The number of carboxylic acid groups (broad SMARTS) is 1. The van der Waals surface area contributed by atoms with Crippen LogP contribution in [0.4, 0.5) is 14.5 Å². The minimum Gasteiger partial charge on any atom is -0.481 e. The average Bonchev–Trinajstić information content (AvgIpc) is 3.05. The van der Waals surface area contributed by atoms with Crippen LogP contribution in [0.25, 0.3) is 10.2 Å². The summed E-state index contributed by atoms with van der Waals surface area (Å²) in [5, 5.41) is 9.46. The summed E-state index contributed by atoms with van der Waals surface area (Å²) in [5.41, 5.74) is 1.66. The summed E-state index contributed by atoms with van der Waals surface area (Å²) in [4.78, 5) is 29.6. The number of hydrogen-bond acceptors (Lipinski definition) is 5. The number of carboxylic acids is 1. The second-order valence-electron chi connectivity index (χ2n) is 6.42. The summed E-state index contributed by atoms with van der Waals surface area (Å²) in [7, 11) is 0. The van der Waals surface area contributed by atoms with E-state index in [1.807, 2.05) is 6.92 Å². The van der Waals surface area contributed by atoms with Crippen LogP contribution in [-0.2, 0) is 16.1 Å². The van der Waals surface area contributed by atoms with E-state index >= 15 is 0 Å². The predicted octanol–water partition coefficient (Wildman–Crippen LogP) is 3.65. The van der Waals surface area contributed by atoms with Gasteiger partial charge in [-0.1, -0.05) is 6.07 Å². The molecule has 1 aliphatic rings. The van der Waals surface area contributed by atoms with Crippen LogP contribution in [0.5, 0.6) is 5.75 Å². The minimum atomic E-state index is -1.17. The van der Waals surface area contributed by atoms with E-state index in [0.29, 0.717) is 22.0 Å². The first-order chi connectivity index (χ1) is 13.3. The molecule has 4 rings (SSSR count). The quantitative estimate of drug-likeness (QED) is 0.718. The number of benzene rings is 2. The van der Waals surface area contributed by atoms with Crippen molar-refractivity contribution in [2.45, 2.75) is 26.0 Å². The second kappa shape index (κ2) is 6.83. The topological polar surface area (TPSA) is 79.7 Å². The van der Waals surface area contributed by atoms with Crippen LogP contribution in [0.3, 0.4) is 0 Å². The van der Waals surface area contributed by atoms with Gasteiger partial charge in [-0.05, 0) is 36.8 Å². The van der Waals surface area contributed by atoms with Gasteiger partial charge in [-0.25, -0.2) is 13.8 Å². The molecule has 1 amide bonds. The second-order valence-corrected chi connectivity index (χ2v) is 7.50. The zero-order valence-corrected chi connectivity index (χ0v) is 15.4. The van der Waals surface area contributed by atoms with Gasteiger partial charge in [-0.2, -0.15) is 0 Å². The summed E-state index contributed by atoms with van der Waals surface area (Å²) in [5.74, 6) is -3.24. The van der Waals surface area contributed by atoms with Crippen molar-refractivity contribution in [2.75, 3.05) is 4.90 Å². The third-order valence-corrected chi connectivity index (χ3v) is 5.41. The van der Waals surface area contributed by atoms with Gasteiger partial charge in [0.05, 0.1) is 28.9 Å². The SMILES string of the molecule is Cc1ccc2c(c1)N(Cc1nc3ccc(F)c(F)c3s1)C(=O)C(CC(=O)O)O2. The number of aryl methyl sites for hydroxylation is 1. The molecule has 1 unspecified atom stereocenters. The Morgan fingerprint density at radius 1 is 1.32 bits per heavy atom. The maximum absolute atomic E-state index is 14.0. The number of nitrogens with zero attached hydrogens (tertiary/aromatic N) is 2. The number of rotatable bonds is 4. The Balaban J connectivity index is 1.74. The molecule has 2 aromatic carbocycles. The largest absolute Gasteiger partial charge is 0.481 e. The van der Waals surface area contributed by atoms with Gasteiger partial charge in [0.2, 0.25) is 0 Å². The molecule has 0 radical (unpaired) electrons. The lowest BCUT2D eigenvalue weighted by Crippen LogP contribution is -2.46. The molecule has 3 aromatic rings. The van der Waals surface area contributed by atoms with Gasteiger partial charge in [0.25, 0.3) is 5.91 Å². The Kier molecular flexibility index (Phi) is 4.46. The number of aromatic nitrogens is 1. The number of anilines is 1. The summed E-state index contributed by atoms with van der Waals surface area (Å²) >= 11 is 0.951. The zero-order valence-electron chi connectivity index (χ0n) is 14.6. The fourth-order valence-electron chi connectivity index (χ4n) is 3.07. The number of carbonyl (C=O) groups excluding carboxylic acids is 1. The Labute approximate surface area is 162 Å². The molecule has 6 nitrogen and oxygen atoms in total. The van der Waals surface area contributed by atoms with Crippen molar-refractivity contribution in [3.8, 4) is 5.75 Å². The zero-order chi connectivity index (χ0) is 20.0. The fourth-order valence-corrected chi connectivity index (χ4v) is 4.05. The molecule has 1 N–H and O–H groups in total. The van der Waals surface area contributed by atoms with Gasteiger partial charge in [0.1, 0.15) is 10.8 Å². The fraction of sp³-hybridized carbons (Fsp3) is 0.211. The third kappa shape index (κ3) is 3.18. The van der Waals surface area contributed by atoms with Crippen LogP contribution in [0.15, 0.2) is 30.3 Å². The highest BCUT2D eigenvalue weighted by atomic mass is 32.1. The highest BCUT2D eigenvalue weighted by Gasteiger charge is 2.36. The van der Waals surface area contributed by atoms with Gasteiger partial charge in [-0.15, -0.1) is 11.3 Å². The Bertz CT molecular complexity index is 1110. The third-order valence-electron chi connectivity index (χ3n) is 4.36. The molecule has 1 aromatic heterocycles. The van der Waals surface area contributed by atoms with Crippen molar-refractivity contribution >= 4 is 39.1 Å². The van der Waals surface area contributed by atoms with E-state index in [0.717, 1.165) is 23.0 Å². The van der Waals surface area contributed by atoms with Crippen molar-refractivity contribution in [1.29, 1.82) is 0 Å². The number of amides is 1. The molecule has 0 spiro atoms. The molecule has 9 heteroatoms. The molecule has 0 fully saturated rings. The first-order valence-corrected chi connectivity index (χ1v) is 9.19. The normalized spacial score (nSPS) is 16.2. The molecule has 1 atom stereocenters. The van der Waals surface area contributed by atoms with E-state index in [-0.39, 0.29) is 11.2 Å². The van der Waals surface area contributed by atoms with Crippen molar-refractivity contribution < 1.29 is 28.2 Å². The summed E-state index contributed by atoms with van der Waals surface area (Å²) < 4.78 is 33.1. The number of halogens is 2. The van der Waals surface area contributed by atoms with Crippen LogP contribution in [-0.4, -0.2) is 28.1 Å². The Morgan fingerprint density at radius 3 is 2.86 bits per heavy atom. The smallest absolute Gasteiger partial charge is 0.307 e. The van der Waals surface area contributed by atoms with Gasteiger partial charge in [0.15, 0.2) is 17.7 Å². The molecule has 0 aliphatic carbocycles. The molecule has 28 heavy (non-hydrogen) atoms. The molecular formula is C19H14F2N2O4S. The minimum absolute atomic E-state index is 0.00479. The molecule has 2 heterocycles. The standard InChI is InChI=1S/C19H14F2N2O4S/c1-9-2-5-13-12(6-9)23(19(26)14(27-13)7-16(24)25)8-15-22-11-4-3-10(20)17(21)18(11)28-15/h2-6,14H,7-8H2,1H3,(H,24,25). The number of aliphatic carboxylic acids is 1. The van der Waals surface area contributed by atoms with E-state index in [9.17, 15) is 18.4 Å². The van der Waals surface area contributed by atoms with Crippen molar-refractivity contribution in [2.24, 2.45) is 0 Å². The number of thiazole rings is 1. The van der Waals surface area contributed by atoms with E-state index in [1.165, 1.54) is 11.0 Å². The van der Waals surface area contributed by atoms with Gasteiger partial charge in [0, 0.05) is 0 Å². The Hall–Kier alpha value is -3.07. The first kappa shape index (κ1) is 18.3. The van der Waals surface area contributed by atoms with Crippen molar-refractivity contribution in [3.63, 3.8) is 0 Å². The predicted molar refractivity (Wildman–Crippen MR) is 98.6 cm³/mol.